The van der Waals surface area contributed by atoms with Crippen LogP contribution in [0.15, 0.2) is 34.9 Å². The van der Waals surface area contributed by atoms with Crippen LogP contribution in [0.4, 0.5) is 0 Å². The highest BCUT2D eigenvalue weighted by atomic mass is 16.3. The molecule has 3 rings (SSSR count). The molecular weight excluding hydrogens is 234 g/mol. The molecule has 2 aromatic rings. The number of nitrogens with one attached hydrogen (secondary N) is 1. The van der Waals surface area contributed by atoms with Crippen LogP contribution in [-0.2, 0) is 6.54 Å². The predicted octanol–water partition coefficient (Wildman–Crippen LogP) is 4.49. The minimum absolute atomic E-state index is 0.555. The molecule has 1 saturated carbocycles. The van der Waals surface area contributed by atoms with Gasteiger partial charge in [0.25, 0.3) is 0 Å². The summed E-state index contributed by atoms with van der Waals surface area (Å²) in [7, 11) is 0. The smallest absolute Gasteiger partial charge is 0.134 e. The average molecular weight is 257 g/mol. The fourth-order valence-electron chi connectivity index (χ4n) is 3.41. The number of hydrogen-bond donors (Lipinski definition) is 1. The van der Waals surface area contributed by atoms with Crippen molar-refractivity contribution in [2.45, 2.75) is 45.6 Å². The number of furan rings is 1. The third-order valence-corrected chi connectivity index (χ3v) is 4.79. The van der Waals surface area contributed by atoms with Crippen molar-refractivity contribution in [3.63, 3.8) is 0 Å². The lowest BCUT2D eigenvalue weighted by Gasteiger charge is -2.27. The SMILES string of the molecule is CCC1(CNCc2coc3ccccc23)CCCC1. The van der Waals surface area contributed by atoms with Gasteiger partial charge in [0.2, 0.25) is 0 Å². The Hall–Kier alpha value is -1.28. The van der Waals surface area contributed by atoms with Crippen molar-refractivity contribution in [3.8, 4) is 0 Å². The molecule has 19 heavy (non-hydrogen) atoms. The molecule has 1 heterocycles. The first-order valence-corrected chi connectivity index (χ1v) is 7.49. The summed E-state index contributed by atoms with van der Waals surface area (Å²) in [4.78, 5) is 0. The van der Waals surface area contributed by atoms with Crippen LogP contribution in [0.2, 0.25) is 0 Å². The van der Waals surface area contributed by atoms with Crippen LogP contribution in [0.1, 0.15) is 44.6 Å². The van der Waals surface area contributed by atoms with E-state index in [0.29, 0.717) is 5.41 Å². The lowest BCUT2D eigenvalue weighted by atomic mass is 9.83. The van der Waals surface area contributed by atoms with Crippen molar-refractivity contribution in [2.75, 3.05) is 6.54 Å². The molecule has 0 bridgehead atoms. The summed E-state index contributed by atoms with van der Waals surface area (Å²) in [6, 6.07) is 8.27. The summed E-state index contributed by atoms with van der Waals surface area (Å²) < 4.78 is 5.58. The highest BCUT2D eigenvalue weighted by Crippen LogP contribution is 2.40. The van der Waals surface area contributed by atoms with Gasteiger partial charge in [-0.25, -0.2) is 0 Å². The van der Waals surface area contributed by atoms with Crippen molar-refractivity contribution in [1.29, 1.82) is 0 Å². The molecule has 0 aliphatic heterocycles. The Kier molecular flexibility index (Phi) is 3.61. The molecular formula is C17H23NO. The third kappa shape index (κ3) is 2.55. The van der Waals surface area contributed by atoms with Gasteiger partial charge in [0, 0.05) is 24.0 Å². The molecule has 0 atom stereocenters. The van der Waals surface area contributed by atoms with Gasteiger partial charge in [0.1, 0.15) is 5.58 Å². The number of para-hydroxylation sites is 1. The van der Waals surface area contributed by atoms with Crippen LogP contribution in [-0.4, -0.2) is 6.54 Å². The van der Waals surface area contributed by atoms with E-state index in [2.05, 4.69) is 24.4 Å². The van der Waals surface area contributed by atoms with E-state index >= 15 is 0 Å². The molecule has 0 spiro atoms. The van der Waals surface area contributed by atoms with Gasteiger partial charge >= 0.3 is 0 Å². The van der Waals surface area contributed by atoms with E-state index in [1.54, 1.807) is 0 Å². The highest BCUT2D eigenvalue weighted by Gasteiger charge is 2.31. The summed E-state index contributed by atoms with van der Waals surface area (Å²) >= 11 is 0. The summed E-state index contributed by atoms with van der Waals surface area (Å²) in [6.45, 7) is 4.39. The van der Waals surface area contributed by atoms with Gasteiger partial charge in [0.05, 0.1) is 6.26 Å². The molecule has 1 aliphatic rings. The first-order chi connectivity index (χ1) is 9.33. The molecule has 0 saturated heterocycles. The van der Waals surface area contributed by atoms with Crippen LogP contribution >= 0.6 is 0 Å². The Morgan fingerprint density at radius 2 is 2.00 bits per heavy atom. The zero-order valence-electron chi connectivity index (χ0n) is 11.7. The first-order valence-electron chi connectivity index (χ1n) is 7.49. The van der Waals surface area contributed by atoms with Gasteiger partial charge in [-0.15, -0.1) is 0 Å². The van der Waals surface area contributed by atoms with E-state index in [1.807, 2.05) is 18.4 Å². The van der Waals surface area contributed by atoms with E-state index in [0.717, 1.165) is 18.7 Å². The van der Waals surface area contributed by atoms with Gasteiger partial charge in [-0.05, 0) is 30.7 Å². The van der Waals surface area contributed by atoms with Crippen molar-refractivity contribution in [2.24, 2.45) is 5.41 Å². The van der Waals surface area contributed by atoms with Gasteiger partial charge in [-0.3, -0.25) is 0 Å². The molecule has 0 unspecified atom stereocenters. The molecule has 2 nitrogen and oxygen atoms in total. The fraction of sp³-hybridized carbons (Fsp3) is 0.529. The lowest BCUT2D eigenvalue weighted by Crippen LogP contribution is -2.31. The molecule has 0 amide bonds. The normalized spacial score (nSPS) is 18.2. The summed E-state index contributed by atoms with van der Waals surface area (Å²) in [6.07, 6.45) is 8.79. The Balaban J connectivity index is 1.63. The number of benzene rings is 1. The number of hydrogen-bond acceptors (Lipinski definition) is 2. The van der Waals surface area contributed by atoms with Crippen LogP contribution in [0.5, 0.6) is 0 Å². The molecule has 1 fully saturated rings. The van der Waals surface area contributed by atoms with Crippen LogP contribution in [0.3, 0.4) is 0 Å². The zero-order valence-corrected chi connectivity index (χ0v) is 11.7. The Labute approximate surface area is 115 Å². The van der Waals surface area contributed by atoms with Crippen molar-refractivity contribution < 1.29 is 4.42 Å². The molecule has 1 aromatic carbocycles. The van der Waals surface area contributed by atoms with Gasteiger partial charge in [-0.2, -0.15) is 0 Å². The Morgan fingerprint density at radius 1 is 1.21 bits per heavy atom. The van der Waals surface area contributed by atoms with Crippen LogP contribution in [0, 0.1) is 5.41 Å². The zero-order chi connectivity index (χ0) is 13.1. The predicted molar refractivity (Wildman–Crippen MR) is 79.1 cm³/mol. The number of fused-ring (bicyclic) bond motifs is 1. The largest absolute Gasteiger partial charge is 0.464 e. The second-order valence-electron chi connectivity index (χ2n) is 5.92. The molecule has 1 N–H and O–H groups in total. The van der Waals surface area contributed by atoms with E-state index < -0.39 is 0 Å². The van der Waals surface area contributed by atoms with Crippen molar-refractivity contribution in [1.82, 2.24) is 5.32 Å². The maximum atomic E-state index is 5.58. The maximum absolute atomic E-state index is 5.58. The van der Waals surface area contributed by atoms with Gasteiger partial charge in [-0.1, -0.05) is 38.0 Å². The van der Waals surface area contributed by atoms with Gasteiger partial charge in [0.15, 0.2) is 0 Å². The van der Waals surface area contributed by atoms with E-state index in [1.165, 1.54) is 43.1 Å². The summed E-state index contributed by atoms with van der Waals surface area (Å²) in [5.41, 5.74) is 2.82. The van der Waals surface area contributed by atoms with Crippen molar-refractivity contribution in [3.05, 3.63) is 36.1 Å². The van der Waals surface area contributed by atoms with Gasteiger partial charge < -0.3 is 9.73 Å². The Bertz CT molecular complexity index is 537. The second kappa shape index (κ2) is 5.38. The molecule has 0 radical (unpaired) electrons. The van der Waals surface area contributed by atoms with E-state index in [-0.39, 0.29) is 0 Å². The monoisotopic (exact) mass is 257 g/mol. The lowest BCUT2D eigenvalue weighted by molar-refractivity contribution is 0.268. The topological polar surface area (TPSA) is 25.2 Å². The molecule has 1 aromatic heterocycles. The van der Waals surface area contributed by atoms with Crippen LogP contribution in [0.25, 0.3) is 11.0 Å². The average Bonchev–Trinajstić information content (AvgIpc) is 3.07. The van der Waals surface area contributed by atoms with Crippen molar-refractivity contribution >= 4 is 11.0 Å². The Morgan fingerprint density at radius 3 is 2.79 bits per heavy atom. The summed E-state index contributed by atoms with van der Waals surface area (Å²) in [5.74, 6) is 0. The molecule has 1 aliphatic carbocycles. The third-order valence-electron chi connectivity index (χ3n) is 4.79. The van der Waals surface area contributed by atoms with E-state index in [9.17, 15) is 0 Å². The second-order valence-corrected chi connectivity index (χ2v) is 5.92. The van der Waals surface area contributed by atoms with E-state index in [4.69, 9.17) is 4.42 Å². The minimum atomic E-state index is 0.555. The molecule has 102 valence electrons. The fourth-order valence-corrected chi connectivity index (χ4v) is 3.41. The van der Waals surface area contributed by atoms with Crippen LogP contribution < -0.4 is 5.32 Å². The minimum Gasteiger partial charge on any atom is -0.464 e. The standard InChI is InChI=1S/C17H23NO/c1-2-17(9-5-6-10-17)13-18-11-14-12-19-16-8-4-3-7-15(14)16/h3-4,7-8,12,18H,2,5-6,9-11,13H2,1H3. The quantitative estimate of drug-likeness (QED) is 0.853. The molecule has 2 heteroatoms. The number of rotatable bonds is 5. The maximum Gasteiger partial charge on any atom is 0.134 e. The highest BCUT2D eigenvalue weighted by molar-refractivity contribution is 5.80. The first kappa shape index (κ1) is 12.7. The summed E-state index contributed by atoms with van der Waals surface area (Å²) in [5, 5.41) is 4.90.